The van der Waals surface area contributed by atoms with Crippen molar-refractivity contribution in [3.8, 4) is 0 Å². The first-order valence-corrected chi connectivity index (χ1v) is 9.74. The van der Waals surface area contributed by atoms with Gasteiger partial charge in [0.15, 0.2) is 0 Å². The molecule has 0 bridgehead atoms. The smallest absolute Gasteiger partial charge is 0.355 e. The third kappa shape index (κ3) is 2.81. The number of esters is 1. The van der Waals surface area contributed by atoms with Gasteiger partial charge >= 0.3 is 12.0 Å². The molecule has 8 nitrogen and oxygen atoms in total. The number of methoxy groups -OCH3 is 1. The molecule has 2 fully saturated rings. The zero-order chi connectivity index (χ0) is 20.9. The number of urea groups is 1. The van der Waals surface area contributed by atoms with Crippen LogP contribution in [0.4, 0.5) is 4.79 Å². The van der Waals surface area contributed by atoms with Crippen molar-refractivity contribution in [1.29, 1.82) is 0 Å². The Morgan fingerprint density at radius 1 is 1.34 bits per heavy atom. The van der Waals surface area contributed by atoms with Gasteiger partial charge in [-0.2, -0.15) is 0 Å². The van der Waals surface area contributed by atoms with E-state index >= 15 is 0 Å². The van der Waals surface area contributed by atoms with Crippen molar-refractivity contribution in [2.75, 3.05) is 20.2 Å². The number of ether oxygens (including phenoxy) is 1. The Balaban J connectivity index is 1.62. The van der Waals surface area contributed by atoms with Gasteiger partial charge in [-0.25, -0.2) is 9.59 Å². The number of amides is 3. The summed E-state index contributed by atoms with van der Waals surface area (Å²) in [5.41, 5.74) is 1.90. The summed E-state index contributed by atoms with van der Waals surface area (Å²) < 4.78 is 4.94. The largest absolute Gasteiger partial charge is 0.464 e. The predicted octanol–water partition coefficient (Wildman–Crippen LogP) is 1.10. The van der Waals surface area contributed by atoms with Gasteiger partial charge in [0.25, 0.3) is 0 Å². The lowest BCUT2D eigenvalue weighted by Gasteiger charge is -2.53. The van der Waals surface area contributed by atoms with E-state index in [4.69, 9.17) is 4.74 Å². The lowest BCUT2D eigenvalue weighted by Crippen LogP contribution is -2.69. The van der Waals surface area contributed by atoms with Crippen molar-refractivity contribution in [3.05, 3.63) is 41.1 Å². The van der Waals surface area contributed by atoms with Crippen molar-refractivity contribution in [2.24, 2.45) is 5.41 Å². The summed E-state index contributed by atoms with van der Waals surface area (Å²) in [6.07, 6.45) is -0.339. The highest BCUT2D eigenvalue weighted by atomic mass is 16.5. The highest BCUT2D eigenvalue weighted by Gasteiger charge is 2.65. The fourth-order valence-corrected chi connectivity index (χ4v) is 4.47. The van der Waals surface area contributed by atoms with E-state index < -0.39 is 17.5 Å². The molecule has 4 rings (SSSR count). The van der Waals surface area contributed by atoms with Gasteiger partial charge in [0.1, 0.15) is 5.70 Å². The zero-order valence-corrected chi connectivity index (χ0v) is 16.8. The van der Waals surface area contributed by atoms with Gasteiger partial charge in [0, 0.05) is 19.6 Å². The molecule has 3 heterocycles. The Hall–Kier alpha value is -2.87. The molecule has 3 aliphatic rings. The molecule has 3 atom stereocenters. The van der Waals surface area contributed by atoms with Crippen LogP contribution in [0.2, 0.25) is 0 Å². The number of nitrogens with zero attached hydrogens (tertiary/aromatic N) is 2. The van der Waals surface area contributed by atoms with Crippen LogP contribution in [-0.2, 0) is 20.9 Å². The number of hydrogen-bond donors (Lipinski definition) is 2. The number of fused-ring (bicyclic) bond motifs is 1. The van der Waals surface area contributed by atoms with Crippen molar-refractivity contribution in [1.82, 2.24) is 15.1 Å². The molecule has 0 unspecified atom stereocenters. The summed E-state index contributed by atoms with van der Waals surface area (Å²) in [5.74, 6) is -0.814. The number of aliphatic hydroxyl groups is 1. The number of carbonyl (C=O) groups excluding carboxylic acids is 3. The topological polar surface area (TPSA) is 99.2 Å². The summed E-state index contributed by atoms with van der Waals surface area (Å²) in [6.45, 7) is 5.19. The lowest BCUT2D eigenvalue weighted by molar-refractivity contribution is -0.178. The standard InChI is InChI=1S/C21H25N3O5/c1-12(25)21(2)16-10-15(17(18(26)29-3)24(16)19(21)27)14-6-4-13(5-7-14)11-23-9-8-22-20(23)28/h4-7,12,16,25H,8-11H2,1-3H3,(H,22,28)/t12-,16-,21-/m1/s1. The van der Waals surface area contributed by atoms with Gasteiger partial charge < -0.3 is 25.0 Å². The first-order chi connectivity index (χ1) is 13.8. The van der Waals surface area contributed by atoms with Crippen LogP contribution in [0.3, 0.4) is 0 Å². The van der Waals surface area contributed by atoms with E-state index in [0.29, 0.717) is 26.1 Å². The molecule has 3 aliphatic heterocycles. The van der Waals surface area contributed by atoms with Gasteiger partial charge in [-0.05, 0) is 37.0 Å². The van der Waals surface area contributed by atoms with Crippen molar-refractivity contribution in [2.45, 2.75) is 39.0 Å². The van der Waals surface area contributed by atoms with E-state index in [1.54, 1.807) is 18.7 Å². The molecular weight excluding hydrogens is 374 g/mol. The van der Waals surface area contributed by atoms with E-state index in [1.165, 1.54) is 12.0 Å². The van der Waals surface area contributed by atoms with Crippen LogP contribution in [0, 0.1) is 5.41 Å². The van der Waals surface area contributed by atoms with Gasteiger partial charge in [-0.3, -0.25) is 4.79 Å². The molecular formula is C21H25N3O5. The second kappa shape index (κ2) is 6.88. The van der Waals surface area contributed by atoms with E-state index in [9.17, 15) is 19.5 Å². The SMILES string of the molecule is COC(=O)C1=C(c2ccc(CN3CCNC3=O)cc2)C[C@H]2N1C(=O)[C@]2(C)[C@@H](C)O. The molecule has 154 valence electrons. The highest BCUT2D eigenvalue weighted by molar-refractivity contribution is 6.08. The molecule has 0 saturated carbocycles. The number of benzene rings is 1. The average Bonchev–Trinajstić information content (AvgIpc) is 3.29. The van der Waals surface area contributed by atoms with E-state index in [0.717, 1.165) is 16.7 Å². The average molecular weight is 399 g/mol. The predicted molar refractivity (Wildman–Crippen MR) is 104 cm³/mol. The van der Waals surface area contributed by atoms with Crippen LogP contribution in [-0.4, -0.2) is 65.2 Å². The summed E-state index contributed by atoms with van der Waals surface area (Å²) >= 11 is 0. The first-order valence-electron chi connectivity index (χ1n) is 9.74. The summed E-state index contributed by atoms with van der Waals surface area (Å²) in [6, 6.07) is 7.31. The molecule has 3 amide bonds. The van der Waals surface area contributed by atoms with Gasteiger partial charge in [-0.1, -0.05) is 24.3 Å². The molecule has 29 heavy (non-hydrogen) atoms. The van der Waals surface area contributed by atoms with E-state index in [1.807, 2.05) is 24.3 Å². The number of carbonyl (C=O) groups is 3. The van der Waals surface area contributed by atoms with E-state index in [2.05, 4.69) is 5.32 Å². The number of hydrogen-bond acceptors (Lipinski definition) is 5. The van der Waals surface area contributed by atoms with Crippen LogP contribution in [0.5, 0.6) is 0 Å². The number of aliphatic hydroxyl groups excluding tert-OH is 1. The maximum absolute atomic E-state index is 12.8. The van der Waals surface area contributed by atoms with Gasteiger partial charge in [0.05, 0.1) is 24.7 Å². The third-order valence-electron chi connectivity index (χ3n) is 6.48. The minimum absolute atomic E-state index is 0.0687. The fraction of sp³-hybridized carbons (Fsp3) is 0.476. The Morgan fingerprint density at radius 2 is 2.03 bits per heavy atom. The molecule has 0 radical (unpaired) electrons. The van der Waals surface area contributed by atoms with Gasteiger partial charge in [-0.15, -0.1) is 0 Å². The molecule has 2 saturated heterocycles. The summed E-state index contributed by atoms with van der Waals surface area (Å²) in [5, 5.41) is 12.9. The summed E-state index contributed by atoms with van der Waals surface area (Å²) in [4.78, 5) is 40.2. The minimum atomic E-state index is -0.913. The van der Waals surface area contributed by atoms with Crippen LogP contribution < -0.4 is 5.32 Å². The molecule has 0 aliphatic carbocycles. The normalized spacial score (nSPS) is 27.0. The number of rotatable bonds is 5. The maximum atomic E-state index is 12.8. The maximum Gasteiger partial charge on any atom is 0.355 e. The second-order valence-electron chi connectivity index (χ2n) is 8.02. The van der Waals surface area contributed by atoms with Crippen LogP contribution >= 0.6 is 0 Å². The second-order valence-corrected chi connectivity index (χ2v) is 8.02. The lowest BCUT2D eigenvalue weighted by atomic mass is 9.68. The van der Waals surface area contributed by atoms with Crippen molar-refractivity contribution in [3.63, 3.8) is 0 Å². The van der Waals surface area contributed by atoms with Crippen LogP contribution in [0.25, 0.3) is 5.57 Å². The monoisotopic (exact) mass is 399 g/mol. The Kier molecular flexibility index (Phi) is 4.61. The van der Waals surface area contributed by atoms with Crippen LogP contribution in [0.15, 0.2) is 30.0 Å². The molecule has 2 N–H and O–H groups in total. The molecule has 1 aromatic carbocycles. The Labute approximate surface area is 169 Å². The van der Waals surface area contributed by atoms with Crippen molar-refractivity contribution < 1.29 is 24.2 Å². The Bertz CT molecular complexity index is 907. The van der Waals surface area contributed by atoms with Gasteiger partial charge in [0.2, 0.25) is 5.91 Å². The Morgan fingerprint density at radius 3 is 2.59 bits per heavy atom. The fourth-order valence-electron chi connectivity index (χ4n) is 4.47. The molecule has 8 heteroatoms. The summed E-state index contributed by atoms with van der Waals surface area (Å²) in [7, 11) is 1.29. The van der Waals surface area contributed by atoms with Crippen molar-refractivity contribution >= 4 is 23.5 Å². The highest BCUT2D eigenvalue weighted by Crippen LogP contribution is 2.53. The third-order valence-corrected chi connectivity index (χ3v) is 6.48. The quantitative estimate of drug-likeness (QED) is 0.571. The first kappa shape index (κ1) is 19.4. The van der Waals surface area contributed by atoms with Crippen LogP contribution in [0.1, 0.15) is 31.4 Å². The number of nitrogens with one attached hydrogen (secondary N) is 1. The molecule has 1 aromatic rings. The minimum Gasteiger partial charge on any atom is -0.464 e. The molecule has 0 aromatic heterocycles. The molecule has 0 spiro atoms. The van der Waals surface area contributed by atoms with E-state index in [-0.39, 0.29) is 23.7 Å². The number of β-lactam (4-membered cyclic amide) rings is 1. The zero-order valence-electron chi connectivity index (χ0n) is 16.8.